The van der Waals surface area contributed by atoms with Gasteiger partial charge in [0.15, 0.2) is 0 Å². The lowest BCUT2D eigenvalue weighted by molar-refractivity contribution is 0.259. The maximum absolute atomic E-state index is 3.91. The van der Waals surface area contributed by atoms with Crippen LogP contribution in [0.25, 0.3) is 0 Å². The first-order valence-corrected chi connectivity index (χ1v) is 7.39. The van der Waals surface area contributed by atoms with Crippen molar-refractivity contribution in [3.63, 3.8) is 0 Å². The molecule has 1 aliphatic rings. The lowest BCUT2D eigenvalue weighted by atomic mass is 10.00. The Morgan fingerprint density at radius 3 is 2.41 bits per heavy atom. The second-order valence-electron chi connectivity index (χ2n) is 6.59. The van der Waals surface area contributed by atoms with Crippen LogP contribution in [-0.4, -0.2) is 37.6 Å². The average Bonchev–Trinajstić information content (AvgIpc) is 2.42. The number of hydrogen-bond acceptors (Lipinski definition) is 2. The molecule has 17 heavy (non-hydrogen) atoms. The number of likely N-dealkylation sites (N-methyl/N-ethyl adjacent to an activating group) is 1. The van der Waals surface area contributed by atoms with Crippen LogP contribution in [0.15, 0.2) is 0 Å². The molecule has 0 heterocycles. The first-order chi connectivity index (χ1) is 7.99. The van der Waals surface area contributed by atoms with Gasteiger partial charge < -0.3 is 10.2 Å². The van der Waals surface area contributed by atoms with Gasteiger partial charge in [-0.1, -0.05) is 33.6 Å². The molecule has 2 heteroatoms. The summed E-state index contributed by atoms with van der Waals surface area (Å²) >= 11 is 0. The molecule has 0 spiro atoms. The molecule has 1 rings (SSSR count). The second-order valence-corrected chi connectivity index (χ2v) is 6.59. The average molecular weight is 240 g/mol. The summed E-state index contributed by atoms with van der Waals surface area (Å²) < 4.78 is 0. The molecule has 3 unspecified atom stereocenters. The summed E-state index contributed by atoms with van der Waals surface area (Å²) in [6, 6.07) is 1.40. The fraction of sp³-hybridized carbons (Fsp3) is 1.00. The van der Waals surface area contributed by atoms with Crippen LogP contribution < -0.4 is 5.32 Å². The van der Waals surface area contributed by atoms with Gasteiger partial charge >= 0.3 is 0 Å². The van der Waals surface area contributed by atoms with E-state index in [0.717, 1.165) is 24.4 Å². The summed E-state index contributed by atoms with van der Waals surface area (Å²) in [5.74, 6) is 1.66. The lowest BCUT2D eigenvalue weighted by Gasteiger charge is -2.30. The van der Waals surface area contributed by atoms with Crippen LogP contribution in [0.3, 0.4) is 0 Å². The van der Waals surface area contributed by atoms with E-state index in [2.05, 4.69) is 45.1 Å². The van der Waals surface area contributed by atoms with Gasteiger partial charge in [-0.15, -0.1) is 0 Å². The van der Waals surface area contributed by atoms with Crippen LogP contribution >= 0.6 is 0 Å². The largest absolute Gasteiger partial charge is 0.310 e. The third-order valence-electron chi connectivity index (χ3n) is 4.07. The van der Waals surface area contributed by atoms with E-state index in [4.69, 9.17) is 0 Å². The Bertz CT molecular complexity index is 201. The van der Waals surface area contributed by atoms with Gasteiger partial charge in [-0.05, 0) is 45.2 Å². The van der Waals surface area contributed by atoms with Crippen LogP contribution in [0.1, 0.15) is 52.9 Å². The number of nitrogens with zero attached hydrogens (tertiary/aromatic N) is 1. The number of rotatable bonds is 5. The maximum Gasteiger partial charge on any atom is 0.0220 e. The predicted octanol–water partition coefficient (Wildman–Crippen LogP) is 3.13. The molecule has 0 radical (unpaired) electrons. The van der Waals surface area contributed by atoms with Crippen molar-refractivity contribution >= 4 is 0 Å². The van der Waals surface area contributed by atoms with Gasteiger partial charge in [0, 0.05) is 18.6 Å². The Kier molecular flexibility index (Phi) is 6.50. The highest BCUT2D eigenvalue weighted by Crippen LogP contribution is 2.23. The Balaban J connectivity index is 2.42. The maximum atomic E-state index is 3.91. The quantitative estimate of drug-likeness (QED) is 0.743. The summed E-state index contributed by atoms with van der Waals surface area (Å²) in [5, 5.41) is 3.91. The monoisotopic (exact) mass is 240 g/mol. The number of hydrogen-bond donors (Lipinski definition) is 1. The molecule has 1 saturated carbocycles. The van der Waals surface area contributed by atoms with Crippen molar-refractivity contribution in [3.8, 4) is 0 Å². The molecule has 0 amide bonds. The first kappa shape index (κ1) is 15.0. The van der Waals surface area contributed by atoms with Gasteiger partial charge in [0.1, 0.15) is 0 Å². The third kappa shape index (κ3) is 5.87. The predicted molar refractivity (Wildman–Crippen MR) is 76.4 cm³/mol. The second kappa shape index (κ2) is 7.38. The van der Waals surface area contributed by atoms with Crippen molar-refractivity contribution < 1.29 is 0 Å². The SMILES string of the molecule is CC1CCCC(NC(CN(C)C)C(C)C)CC1. The summed E-state index contributed by atoms with van der Waals surface area (Å²) in [4.78, 5) is 2.30. The van der Waals surface area contributed by atoms with Gasteiger partial charge in [0.05, 0.1) is 0 Å². The minimum absolute atomic E-state index is 0.642. The van der Waals surface area contributed by atoms with Crippen LogP contribution in [-0.2, 0) is 0 Å². The zero-order chi connectivity index (χ0) is 12.8. The molecule has 0 aliphatic heterocycles. The van der Waals surface area contributed by atoms with E-state index >= 15 is 0 Å². The van der Waals surface area contributed by atoms with E-state index < -0.39 is 0 Å². The molecule has 0 aromatic rings. The topological polar surface area (TPSA) is 15.3 Å². The van der Waals surface area contributed by atoms with Crippen molar-refractivity contribution in [2.45, 2.75) is 65.0 Å². The minimum atomic E-state index is 0.642. The Labute approximate surface area is 108 Å². The van der Waals surface area contributed by atoms with Crippen molar-refractivity contribution in [3.05, 3.63) is 0 Å². The zero-order valence-electron chi connectivity index (χ0n) is 12.5. The third-order valence-corrected chi connectivity index (χ3v) is 4.07. The first-order valence-electron chi connectivity index (χ1n) is 7.39. The molecular formula is C15H32N2. The van der Waals surface area contributed by atoms with Crippen molar-refractivity contribution in [2.24, 2.45) is 11.8 Å². The molecule has 0 bridgehead atoms. The Morgan fingerprint density at radius 2 is 1.82 bits per heavy atom. The standard InChI is InChI=1S/C15H32N2/c1-12(2)15(11-17(4)5)16-14-8-6-7-13(3)9-10-14/h12-16H,6-11H2,1-5H3. The van der Waals surface area contributed by atoms with Crippen LogP contribution in [0, 0.1) is 11.8 Å². The molecule has 0 aromatic heterocycles. The van der Waals surface area contributed by atoms with Gasteiger partial charge in [-0.2, -0.15) is 0 Å². The molecule has 2 nitrogen and oxygen atoms in total. The molecular weight excluding hydrogens is 208 g/mol. The summed E-state index contributed by atoms with van der Waals surface area (Å²) in [5.41, 5.74) is 0. The highest BCUT2D eigenvalue weighted by molar-refractivity contribution is 4.80. The Hall–Kier alpha value is -0.0800. The highest BCUT2D eigenvalue weighted by atomic mass is 15.1. The molecule has 1 aliphatic carbocycles. The normalized spacial score (nSPS) is 28.4. The van der Waals surface area contributed by atoms with Crippen LogP contribution in [0.5, 0.6) is 0 Å². The number of nitrogens with one attached hydrogen (secondary N) is 1. The van der Waals surface area contributed by atoms with Crippen LogP contribution in [0.4, 0.5) is 0 Å². The molecule has 1 fully saturated rings. The van der Waals surface area contributed by atoms with Crippen LogP contribution in [0.2, 0.25) is 0 Å². The van der Waals surface area contributed by atoms with E-state index in [0.29, 0.717) is 6.04 Å². The fourth-order valence-corrected chi connectivity index (χ4v) is 2.81. The fourth-order valence-electron chi connectivity index (χ4n) is 2.81. The van der Waals surface area contributed by atoms with Gasteiger partial charge in [-0.25, -0.2) is 0 Å². The van der Waals surface area contributed by atoms with Gasteiger partial charge in [0.25, 0.3) is 0 Å². The van der Waals surface area contributed by atoms with Gasteiger partial charge in [0.2, 0.25) is 0 Å². The zero-order valence-corrected chi connectivity index (χ0v) is 12.5. The molecule has 0 saturated heterocycles. The van der Waals surface area contributed by atoms with Crippen molar-refractivity contribution in [2.75, 3.05) is 20.6 Å². The lowest BCUT2D eigenvalue weighted by Crippen LogP contribution is -2.46. The molecule has 1 N–H and O–H groups in total. The minimum Gasteiger partial charge on any atom is -0.310 e. The molecule has 3 atom stereocenters. The van der Waals surface area contributed by atoms with E-state index in [9.17, 15) is 0 Å². The Morgan fingerprint density at radius 1 is 1.12 bits per heavy atom. The molecule has 102 valence electrons. The van der Waals surface area contributed by atoms with Crippen molar-refractivity contribution in [1.29, 1.82) is 0 Å². The van der Waals surface area contributed by atoms with E-state index in [1.165, 1.54) is 32.1 Å². The van der Waals surface area contributed by atoms with Crippen molar-refractivity contribution in [1.82, 2.24) is 10.2 Å². The highest BCUT2D eigenvalue weighted by Gasteiger charge is 2.21. The van der Waals surface area contributed by atoms with E-state index in [1.54, 1.807) is 0 Å². The van der Waals surface area contributed by atoms with E-state index in [-0.39, 0.29) is 0 Å². The summed E-state index contributed by atoms with van der Waals surface area (Å²) in [6.07, 6.45) is 6.99. The van der Waals surface area contributed by atoms with Gasteiger partial charge in [-0.3, -0.25) is 0 Å². The van der Waals surface area contributed by atoms with E-state index in [1.807, 2.05) is 0 Å². The smallest absolute Gasteiger partial charge is 0.0220 e. The summed E-state index contributed by atoms with van der Waals surface area (Å²) in [6.45, 7) is 8.23. The molecule has 0 aromatic carbocycles. The summed E-state index contributed by atoms with van der Waals surface area (Å²) in [7, 11) is 4.35.